The van der Waals surface area contributed by atoms with Gasteiger partial charge in [0.2, 0.25) is 11.8 Å². The Labute approximate surface area is 201 Å². The number of amides is 2. The fourth-order valence-electron chi connectivity index (χ4n) is 4.01. The summed E-state index contributed by atoms with van der Waals surface area (Å²) in [6, 6.07) is 14.2. The molecule has 0 saturated heterocycles. The smallest absolute Gasteiger partial charge is 0.242 e. The van der Waals surface area contributed by atoms with Crippen LogP contribution in [0.3, 0.4) is 0 Å². The SMILES string of the molecule is COc1ccc(CN(C(=O)Cc2ccc(Cl)cc2)[C@H](C)C(=O)NCCC2=CCCCC2)cc1. The van der Waals surface area contributed by atoms with E-state index in [2.05, 4.69) is 11.4 Å². The fraction of sp³-hybridized carbons (Fsp3) is 0.407. The minimum Gasteiger partial charge on any atom is -0.497 e. The molecule has 0 heterocycles. The number of ether oxygens (including phenoxy) is 1. The van der Waals surface area contributed by atoms with Crippen LogP contribution in [0.2, 0.25) is 5.02 Å². The largest absolute Gasteiger partial charge is 0.497 e. The van der Waals surface area contributed by atoms with Crippen LogP contribution in [0.1, 0.15) is 50.2 Å². The van der Waals surface area contributed by atoms with Gasteiger partial charge in [0.1, 0.15) is 11.8 Å². The minimum atomic E-state index is -0.591. The van der Waals surface area contributed by atoms with Crippen molar-refractivity contribution in [3.05, 3.63) is 76.3 Å². The van der Waals surface area contributed by atoms with Crippen LogP contribution in [0.15, 0.2) is 60.2 Å². The molecule has 1 aliphatic rings. The van der Waals surface area contributed by atoms with E-state index in [-0.39, 0.29) is 18.2 Å². The monoisotopic (exact) mass is 468 g/mol. The third kappa shape index (κ3) is 7.64. The molecule has 0 unspecified atom stereocenters. The molecule has 3 rings (SSSR count). The maximum atomic E-state index is 13.3. The number of benzene rings is 2. The van der Waals surface area contributed by atoms with E-state index in [1.165, 1.54) is 18.4 Å². The van der Waals surface area contributed by atoms with Gasteiger partial charge in [0.25, 0.3) is 0 Å². The summed E-state index contributed by atoms with van der Waals surface area (Å²) >= 11 is 5.98. The summed E-state index contributed by atoms with van der Waals surface area (Å²) < 4.78 is 5.23. The molecule has 5 nitrogen and oxygen atoms in total. The number of carbonyl (C=O) groups is 2. The molecule has 1 atom stereocenters. The van der Waals surface area contributed by atoms with Gasteiger partial charge in [0, 0.05) is 18.1 Å². The lowest BCUT2D eigenvalue weighted by Gasteiger charge is -2.29. The molecule has 33 heavy (non-hydrogen) atoms. The second-order valence-electron chi connectivity index (χ2n) is 8.50. The molecule has 2 aromatic carbocycles. The average molecular weight is 469 g/mol. The van der Waals surface area contributed by atoms with Gasteiger partial charge in [-0.15, -0.1) is 0 Å². The number of allylic oxidation sites excluding steroid dienone is 1. The predicted molar refractivity (Wildman–Crippen MR) is 132 cm³/mol. The zero-order valence-corrected chi connectivity index (χ0v) is 20.2. The zero-order chi connectivity index (χ0) is 23.6. The molecular weight excluding hydrogens is 436 g/mol. The fourth-order valence-corrected chi connectivity index (χ4v) is 4.14. The molecule has 176 valence electrons. The van der Waals surface area contributed by atoms with Gasteiger partial charge in [-0.1, -0.05) is 47.5 Å². The number of methoxy groups -OCH3 is 1. The van der Waals surface area contributed by atoms with Crippen LogP contribution in [0, 0.1) is 0 Å². The molecule has 6 heteroatoms. The second-order valence-corrected chi connectivity index (χ2v) is 8.93. The molecule has 2 aromatic rings. The summed E-state index contributed by atoms with van der Waals surface area (Å²) in [4.78, 5) is 27.9. The van der Waals surface area contributed by atoms with Crippen molar-refractivity contribution in [2.75, 3.05) is 13.7 Å². The van der Waals surface area contributed by atoms with Crippen molar-refractivity contribution in [2.45, 2.75) is 58.0 Å². The average Bonchev–Trinajstić information content (AvgIpc) is 2.84. The van der Waals surface area contributed by atoms with Gasteiger partial charge in [-0.2, -0.15) is 0 Å². The van der Waals surface area contributed by atoms with Crippen LogP contribution in [0.4, 0.5) is 0 Å². The lowest BCUT2D eigenvalue weighted by Crippen LogP contribution is -2.48. The van der Waals surface area contributed by atoms with Crippen molar-refractivity contribution in [3.63, 3.8) is 0 Å². The third-order valence-corrected chi connectivity index (χ3v) is 6.33. The Morgan fingerprint density at radius 3 is 2.39 bits per heavy atom. The van der Waals surface area contributed by atoms with Crippen molar-refractivity contribution in [1.29, 1.82) is 0 Å². The number of hydrogen-bond acceptors (Lipinski definition) is 3. The molecule has 0 aromatic heterocycles. The van der Waals surface area contributed by atoms with Crippen molar-refractivity contribution in [3.8, 4) is 5.75 Å². The summed E-state index contributed by atoms with van der Waals surface area (Å²) in [5.74, 6) is 0.510. The Kier molecular flexibility index (Phi) is 9.37. The van der Waals surface area contributed by atoms with E-state index in [9.17, 15) is 9.59 Å². The highest BCUT2D eigenvalue weighted by molar-refractivity contribution is 6.30. The molecule has 0 radical (unpaired) electrons. The van der Waals surface area contributed by atoms with Gasteiger partial charge < -0.3 is 15.0 Å². The second kappa shape index (κ2) is 12.4. The first-order chi connectivity index (χ1) is 16.0. The number of nitrogens with zero attached hydrogens (tertiary/aromatic N) is 1. The number of nitrogens with one attached hydrogen (secondary N) is 1. The molecule has 0 aliphatic heterocycles. The van der Waals surface area contributed by atoms with Crippen molar-refractivity contribution < 1.29 is 14.3 Å². The van der Waals surface area contributed by atoms with Gasteiger partial charge in [-0.05, 0) is 74.4 Å². The van der Waals surface area contributed by atoms with Crippen molar-refractivity contribution in [1.82, 2.24) is 10.2 Å². The summed E-state index contributed by atoms with van der Waals surface area (Å²) in [6.07, 6.45) is 8.11. The topological polar surface area (TPSA) is 58.6 Å². The standard InChI is InChI=1S/C27H33ClN2O3/c1-20(27(32)29-17-16-21-6-4-3-5-7-21)30(19-23-10-14-25(33-2)15-11-23)26(31)18-22-8-12-24(28)13-9-22/h6,8-15,20H,3-5,7,16-19H2,1-2H3,(H,29,32)/t20-/m1/s1. The quantitative estimate of drug-likeness (QED) is 0.480. The zero-order valence-electron chi connectivity index (χ0n) is 19.5. The van der Waals surface area contributed by atoms with Crippen molar-refractivity contribution in [2.24, 2.45) is 0 Å². The number of halogens is 1. The predicted octanol–water partition coefficient (Wildman–Crippen LogP) is 5.32. The van der Waals surface area contributed by atoms with E-state index in [0.29, 0.717) is 18.1 Å². The first kappa shape index (κ1) is 24.8. The van der Waals surface area contributed by atoms with E-state index in [4.69, 9.17) is 16.3 Å². The molecule has 0 saturated carbocycles. The highest BCUT2D eigenvalue weighted by Gasteiger charge is 2.26. The first-order valence-electron chi connectivity index (χ1n) is 11.6. The summed E-state index contributed by atoms with van der Waals surface area (Å²) in [6.45, 7) is 2.73. The van der Waals surface area contributed by atoms with Crippen LogP contribution in [0.5, 0.6) is 5.75 Å². The molecule has 1 aliphatic carbocycles. The van der Waals surface area contributed by atoms with E-state index in [1.807, 2.05) is 36.4 Å². The Bertz CT molecular complexity index is 954. The van der Waals surface area contributed by atoms with Gasteiger partial charge in [0.05, 0.1) is 13.5 Å². The Morgan fingerprint density at radius 2 is 1.76 bits per heavy atom. The molecule has 0 bridgehead atoms. The summed E-state index contributed by atoms with van der Waals surface area (Å²) in [7, 11) is 1.62. The number of hydrogen-bond donors (Lipinski definition) is 1. The molecule has 2 amide bonds. The van der Waals surface area contributed by atoms with Gasteiger partial charge >= 0.3 is 0 Å². The first-order valence-corrected chi connectivity index (χ1v) is 12.0. The lowest BCUT2D eigenvalue weighted by molar-refractivity contribution is -0.140. The van der Waals surface area contributed by atoms with Crippen LogP contribution in [-0.4, -0.2) is 36.4 Å². The number of carbonyl (C=O) groups excluding carboxylic acids is 2. The Hall–Kier alpha value is -2.79. The molecule has 0 spiro atoms. The molecular formula is C27H33ClN2O3. The summed E-state index contributed by atoms with van der Waals surface area (Å²) in [5, 5.41) is 3.66. The van der Waals surface area contributed by atoms with Gasteiger partial charge in [-0.3, -0.25) is 9.59 Å². The third-order valence-electron chi connectivity index (χ3n) is 6.08. The van der Waals surface area contributed by atoms with E-state index < -0.39 is 6.04 Å². The maximum absolute atomic E-state index is 13.3. The van der Waals surface area contributed by atoms with Crippen LogP contribution < -0.4 is 10.1 Å². The number of rotatable bonds is 10. The van der Waals surface area contributed by atoms with Crippen LogP contribution >= 0.6 is 11.6 Å². The molecule has 0 fully saturated rings. The Balaban J connectivity index is 1.67. The highest BCUT2D eigenvalue weighted by atomic mass is 35.5. The Morgan fingerprint density at radius 1 is 1.06 bits per heavy atom. The molecule has 1 N–H and O–H groups in total. The van der Waals surface area contributed by atoms with Crippen molar-refractivity contribution >= 4 is 23.4 Å². The normalized spacial score (nSPS) is 14.2. The van der Waals surface area contributed by atoms with Gasteiger partial charge in [-0.25, -0.2) is 0 Å². The van der Waals surface area contributed by atoms with Crippen LogP contribution in [-0.2, 0) is 22.6 Å². The lowest BCUT2D eigenvalue weighted by atomic mass is 9.97. The van der Waals surface area contributed by atoms with Crippen LogP contribution in [0.25, 0.3) is 0 Å². The highest BCUT2D eigenvalue weighted by Crippen LogP contribution is 2.20. The summed E-state index contributed by atoms with van der Waals surface area (Å²) in [5.41, 5.74) is 3.22. The van der Waals surface area contributed by atoms with E-state index in [1.54, 1.807) is 31.1 Å². The van der Waals surface area contributed by atoms with E-state index in [0.717, 1.165) is 36.1 Å². The minimum absolute atomic E-state index is 0.106. The maximum Gasteiger partial charge on any atom is 0.242 e. The van der Waals surface area contributed by atoms with E-state index >= 15 is 0 Å². The van der Waals surface area contributed by atoms with Gasteiger partial charge in [0.15, 0.2) is 0 Å².